The number of ketones is 1. The number of rotatable bonds is 3. The van der Waals surface area contributed by atoms with Crippen molar-refractivity contribution >= 4 is 33.9 Å². The zero-order valence-corrected chi connectivity index (χ0v) is 12.0. The lowest BCUT2D eigenvalue weighted by atomic mass is 9.98. The van der Waals surface area contributed by atoms with Crippen molar-refractivity contribution in [1.29, 1.82) is 0 Å². The molecule has 0 fully saturated rings. The van der Waals surface area contributed by atoms with Crippen molar-refractivity contribution in [1.82, 2.24) is 4.98 Å². The Morgan fingerprint density at radius 3 is 2.52 bits per heavy atom. The van der Waals surface area contributed by atoms with E-state index in [0.29, 0.717) is 16.2 Å². The van der Waals surface area contributed by atoms with E-state index in [9.17, 15) is 4.79 Å². The van der Waals surface area contributed by atoms with Gasteiger partial charge in [0.15, 0.2) is 5.78 Å². The molecule has 0 N–H and O–H groups in total. The number of carbonyl (C=O) groups is 1. The molecular weight excluding hydrogens is 282 g/mol. The molecule has 0 saturated carbocycles. The van der Waals surface area contributed by atoms with Crippen LogP contribution in [0.3, 0.4) is 0 Å². The van der Waals surface area contributed by atoms with Crippen LogP contribution in [0.15, 0.2) is 67.4 Å². The van der Waals surface area contributed by atoms with Crippen LogP contribution in [0.5, 0.6) is 0 Å². The predicted molar refractivity (Wildman–Crippen MR) is 86.6 cm³/mol. The van der Waals surface area contributed by atoms with Crippen molar-refractivity contribution < 1.29 is 4.79 Å². The number of fused-ring (bicyclic) bond motifs is 1. The Morgan fingerprint density at radius 2 is 1.76 bits per heavy atom. The van der Waals surface area contributed by atoms with Crippen molar-refractivity contribution in [2.24, 2.45) is 0 Å². The molecule has 2 aromatic carbocycles. The van der Waals surface area contributed by atoms with Crippen molar-refractivity contribution in [2.45, 2.75) is 0 Å². The first-order valence-electron chi connectivity index (χ1n) is 6.49. The average molecular weight is 294 g/mol. The van der Waals surface area contributed by atoms with E-state index < -0.39 is 0 Å². The van der Waals surface area contributed by atoms with Crippen LogP contribution in [-0.2, 0) is 0 Å². The molecule has 0 aliphatic carbocycles. The highest BCUT2D eigenvalue weighted by molar-refractivity contribution is 6.31. The van der Waals surface area contributed by atoms with Crippen molar-refractivity contribution in [2.75, 3.05) is 0 Å². The van der Waals surface area contributed by atoms with Crippen LogP contribution in [0.25, 0.3) is 16.5 Å². The van der Waals surface area contributed by atoms with E-state index in [-0.39, 0.29) is 5.78 Å². The zero-order valence-electron chi connectivity index (χ0n) is 11.2. The predicted octanol–water partition coefficient (Wildman–Crippen LogP) is 4.78. The van der Waals surface area contributed by atoms with Gasteiger partial charge >= 0.3 is 0 Å². The summed E-state index contributed by atoms with van der Waals surface area (Å²) in [5.74, 6) is -0.0919. The molecule has 0 spiro atoms. The van der Waals surface area contributed by atoms with E-state index in [4.69, 9.17) is 11.6 Å². The molecule has 0 bridgehead atoms. The Hall–Kier alpha value is -2.45. The molecule has 102 valence electrons. The van der Waals surface area contributed by atoms with E-state index in [1.165, 1.54) is 0 Å². The molecule has 0 aliphatic heterocycles. The third kappa shape index (κ3) is 2.71. The van der Waals surface area contributed by atoms with Gasteiger partial charge in [-0.2, -0.15) is 0 Å². The molecule has 1 heterocycles. The Labute approximate surface area is 127 Å². The molecule has 3 heteroatoms. The fraction of sp³-hybridized carbons (Fsp3) is 0. The molecule has 0 atom stereocenters. The number of halogens is 1. The molecule has 0 aliphatic rings. The highest BCUT2D eigenvalue weighted by Gasteiger charge is 2.12. The second-order valence-corrected chi connectivity index (χ2v) is 5.17. The summed E-state index contributed by atoms with van der Waals surface area (Å²) in [6, 6.07) is 16.5. The second-order valence-electron chi connectivity index (χ2n) is 4.73. The minimum Gasteiger partial charge on any atom is -0.289 e. The summed E-state index contributed by atoms with van der Waals surface area (Å²) in [5, 5.41) is 1.57. The minimum absolute atomic E-state index is 0.0919. The maximum absolute atomic E-state index is 12.4. The largest absolute Gasteiger partial charge is 0.289 e. The normalized spacial score (nSPS) is 10.5. The van der Waals surface area contributed by atoms with Gasteiger partial charge in [0.25, 0.3) is 0 Å². The third-order valence-electron chi connectivity index (χ3n) is 3.30. The summed E-state index contributed by atoms with van der Waals surface area (Å²) in [6.45, 7) is 3.91. The van der Waals surface area contributed by atoms with Crippen LogP contribution in [0.1, 0.15) is 15.9 Å². The van der Waals surface area contributed by atoms with Gasteiger partial charge in [0, 0.05) is 33.3 Å². The van der Waals surface area contributed by atoms with Crippen LogP contribution in [0.4, 0.5) is 0 Å². The minimum atomic E-state index is -0.0919. The molecule has 0 unspecified atom stereocenters. The van der Waals surface area contributed by atoms with Crippen LogP contribution >= 0.6 is 11.6 Å². The quantitative estimate of drug-likeness (QED) is 0.513. The Kier molecular flexibility index (Phi) is 3.55. The van der Waals surface area contributed by atoms with Crippen molar-refractivity contribution in [3.05, 3.63) is 83.5 Å². The SMILES string of the molecule is C=C(C(=O)c1ccccc1)c1cnc2cc(Cl)ccc2c1. The van der Waals surface area contributed by atoms with E-state index in [2.05, 4.69) is 11.6 Å². The fourth-order valence-corrected chi connectivity index (χ4v) is 2.32. The number of nitrogens with zero attached hydrogens (tertiary/aromatic N) is 1. The van der Waals surface area contributed by atoms with Crippen LogP contribution in [0.2, 0.25) is 5.02 Å². The Balaban J connectivity index is 1.98. The summed E-state index contributed by atoms with van der Waals surface area (Å²) in [5.41, 5.74) is 2.58. The smallest absolute Gasteiger partial charge is 0.193 e. The van der Waals surface area contributed by atoms with Gasteiger partial charge in [-0.25, -0.2) is 0 Å². The summed E-state index contributed by atoms with van der Waals surface area (Å²) in [4.78, 5) is 16.7. The highest BCUT2D eigenvalue weighted by Crippen LogP contribution is 2.23. The Bertz CT molecular complexity index is 840. The van der Waals surface area contributed by atoms with Crippen molar-refractivity contribution in [3.63, 3.8) is 0 Å². The number of carbonyl (C=O) groups excluding carboxylic acids is 1. The molecule has 0 saturated heterocycles. The molecule has 0 radical (unpaired) electrons. The summed E-state index contributed by atoms with van der Waals surface area (Å²) >= 11 is 5.94. The lowest BCUT2D eigenvalue weighted by Crippen LogP contribution is -2.01. The molecule has 0 amide bonds. The standard InChI is InChI=1S/C18H12ClNO/c1-12(18(21)13-5-3-2-4-6-13)15-9-14-7-8-16(19)10-17(14)20-11-15/h2-11H,1H2. The summed E-state index contributed by atoms with van der Waals surface area (Å²) in [7, 11) is 0. The molecule has 3 aromatic rings. The molecular formula is C18H12ClNO. The topological polar surface area (TPSA) is 30.0 Å². The van der Waals surface area contributed by atoms with Gasteiger partial charge in [-0.1, -0.05) is 54.6 Å². The first-order valence-corrected chi connectivity index (χ1v) is 6.87. The molecule has 21 heavy (non-hydrogen) atoms. The van der Waals surface area contributed by atoms with Gasteiger partial charge in [0.2, 0.25) is 0 Å². The van der Waals surface area contributed by atoms with Gasteiger partial charge in [-0.15, -0.1) is 0 Å². The molecule has 1 aromatic heterocycles. The Morgan fingerprint density at radius 1 is 1.00 bits per heavy atom. The lowest BCUT2D eigenvalue weighted by Gasteiger charge is -2.06. The number of benzene rings is 2. The third-order valence-corrected chi connectivity index (χ3v) is 3.54. The fourth-order valence-electron chi connectivity index (χ4n) is 2.15. The highest BCUT2D eigenvalue weighted by atomic mass is 35.5. The van der Waals surface area contributed by atoms with Gasteiger partial charge in [0.1, 0.15) is 0 Å². The lowest BCUT2D eigenvalue weighted by molar-refractivity contribution is 0.105. The first kappa shape index (κ1) is 13.5. The zero-order chi connectivity index (χ0) is 14.8. The second kappa shape index (κ2) is 5.51. The van der Waals surface area contributed by atoms with Gasteiger partial charge in [0.05, 0.1) is 5.52 Å². The van der Waals surface area contributed by atoms with Crippen LogP contribution < -0.4 is 0 Å². The number of allylic oxidation sites excluding steroid dienone is 1. The van der Waals surface area contributed by atoms with E-state index in [1.807, 2.05) is 30.3 Å². The monoisotopic (exact) mass is 293 g/mol. The first-order chi connectivity index (χ1) is 10.1. The van der Waals surface area contributed by atoms with Crippen molar-refractivity contribution in [3.8, 4) is 0 Å². The number of hydrogen-bond acceptors (Lipinski definition) is 2. The molecule has 3 rings (SSSR count). The van der Waals surface area contributed by atoms with E-state index >= 15 is 0 Å². The summed E-state index contributed by atoms with van der Waals surface area (Å²) in [6.07, 6.45) is 1.65. The van der Waals surface area contributed by atoms with E-state index in [1.54, 1.807) is 30.5 Å². The van der Waals surface area contributed by atoms with Gasteiger partial charge in [-0.3, -0.25) is 9.78 Å². The maximum atomic E-state index is 12.4. The number of hydrogen-bond donors (Lipinski definition) is 0. The summed E-state index contributed by atoms with van der Waals surface area (Å²) < 4.78 is 0. The van der Waals surface area contributed by atoms with Crippen LogP contribution in [-0.4, -0.2) is 10.8 Å². The van der Waals surface area contributed by atoms with Gasteiger partial charge in [-0.05, 0) is 18.2 Å². The number of Topliss-reactive ketones (excluding diaryl/α,β-unsaturated/α-hetero) is 1. The maximum Gasteiger partial charge on any atom is 0.193 e. The number of aromatic nitrogens is 1. The van der Waals surface area contributed by atoms with Gasteiger partial charge < -0.3 is 0 Å². The van der Waals surface area contributed by atoms with E-state index in [0.717, 1.165) is 16.5 Å². The molecule has 2 nitrogen and oxygen atoms in total. The number of pyridine rings is 1. The average Bonchev–Trinajstić information content (AvgIpc) is 2.53. The van der Waals surface area contributed by atoms with Crippen LogP contribution in [0, 0.1) is 0 Å².